The first-order chi connectivity index (χ1) is 9.01. The molecule has 0 aliphatic carbocycles. The molecular weight excluding hydrogens is 289 g/mol. The van der Waals surface area contributed by atoms with Gasteiger partial charge in [0.2, 0.25) is 5.91 Å². The first-order valence-electron chi connectivity index (χ1n) is 5.50. The molecule has 6 heteroatoms. The summed E-state index contributed by atoms with van der Waals surface area (Å²) < 4.78 is 4.45. The molecule has 1 aromatic rings. The number of methoxy groups -OCH3 is 1. The van der Waals surface area contributed by atoms with Crippen LogP contribution in [0.4, 0.5) is 0 Å². The number of benzene rings is 1. The van der Waals surface area contributed by atoms with Crippen molar-refractivity contribution >= 4 is 41.2 Å². The van der Waals surface area contributed by atoms with E-state index < -0.39 is 0 Å². The van der Waals surface area contributed by atoms with E-state index in [0.717, 1.165) is 5.56 Å². The number of carbonyl (C=O) groups excluding carboxylic acids is 2. The first-order valence-corrected chi connectivity index (χ1v) is 6.25. The lowest BCUT2D eigenvalue weighted by Gasteiger charge is -2.01. The number of halogens is 2. The zero-order chi connectivity index (χ0) is 14.3. The molecule has 0 saturated carbocycles. The SMILES string of the molecule is COC(=O)CCNC(=O)C=Cc1cc(Cl)cc(Cl)c1. The normalized spacial score (nSPS) is 10.5. The second-order valence-electron chi connectivity index (χ2n) is 3.65. The van der Waals surface area contributed by atoms with Gasteiger partial charge in [-0.1, -0.05) is 23.2 Å². The van der Waals surface area contributed by atoms with Gasteiger partial charge in [0.1, 0.15) is 0 Å². The maximum absolute atomic E-state index is 11.4. The topological polar surface area (TPSA) is 55.4 Å². The van der Waals surface area contributed by atoms with Crippen molar-refractivity contribution in [2.24, 2.45) is 0 Å². The van der Waals surface area contributed by atoms with Gasteiger partial charge in [-0.3, -0.25) is 9.59 Å². The van der Waals surface area contributed by atoms with E-state index in [1.165, 1.54) is 13.2 Å². The molecule has 0 aromatic heterocycles. The van der Waals surface area contributed by atoms with Crippen LogP contribution in [0.5, 0.6) is 0 Å². The summed E-state index contributed by atoms with van der Waals surface area (Å²) in [5.74, 6) is -0.675. The highest BCUT2D eigenvalue weighted by Crippen LogP contribution is 2.19. The monoisotopic (exact) mass is 301 g/mol. The molecule has 0 bridgehead atoms. The van der Waals surface area contributed by atoms with Gasteiger partial charge in [0.05, 0.1) is 13.5 Å². The summed E-state index contributed by atoms with van der Waals surface area (Å²) in [6.07, 6.45) is 3.07. The Morgan fingerprint density at radius 2 is 1.89 bits per heavy atom. The van der Waals surface area contributed by atoms with Crippen molar-refractivity contribution in [3.05, 3.63) is 39.9 Å². The molecule has 4 nitrogen and oxygen atoms in total. The number of carbonyl (C=O) groups is 2. The number of hydrogen-bond acceptors (Lipinski definition) is 3. The molecule has 0 saturated heterocycles. The van der Waals surface area contributed by atoms with Crippen molar-refractivity contribution in [1.82, 2.24) is 5.32 Å². The van der Waals surface area contributed by atoms with Crippen LogP contribution < -0.4 is 5.32 Å². The number of esters is 1. The molecule has 102 valence electrons. The minimum atomic E-state index is -0.370. The van der Waals surface area contributed by atoms with Crippen molar-refractivity contribution in [2.45, 2.75) is 6.42 Å². The van der Waals surface area contributed by atoms with Gasteiger partial charge in [-0.2, -0.15) is 0 Å². The summed E-state index contributed by atoms with van der Waals surface area (Å²) in [7, 11) is 1.30. The van der Waals surface area contributed by atoms with Crippen LogP contribution in [0.3, 0.4) is 0 Å². The van der Waals surface area contributed by atoms with E-state index in [0.29, 0.717) is 10.0 Å². The van der Waals surface area contributed by atoms with Crippen LogP contribution in [-0.4, -0.2) is 25.5 Å². The third-order valence-electron chi connectivity index (χ3n) is 2.17. The quantitative estimate of drug-likeness (QED) is 0.672. The van der Waals surface area contributed by atoms with Crippen LogP contribution in [0.2, 0.25) is 10.0 Å². The van der Waals surface area contributed by atoms with Crippen molar-refractivity contribution < 1.29 is 14.3 Å². The summed E-state index contributed by atoms with van der Waals surface area (Å²) in [4.78, 5) is 22.3. The molecule has 0 unspecified atom stereocenters. The van der Waals surface area contributed by atoms with E-state index in [4.69, 9.17) is 23.2 Å². The van der Waals surface area contributed by atoms with Gasteiger partial charge in [0.25, 0.3) is 0 Å². The second kappa shape index (κ2) is 7.81. The van der Waals surface area contributed by atoms with E-state index in [1.807, 2.05) is 0 Å². The Hall–Kier alpha value is -1.52. The summed E-state index contributed by atoms with van der Waals surface area (Å²) in [6.45, 7) is 0.228. The third kappa shape index (κ3) is 6.27. The van der Waals surface area contributed by atoms with Crippen molar-refractivity contribution in [1.29, 1.82) is 0 Å². The summed E-state index contributed by atoms with van der Waals surface area (Å²) in [5, 5.41) is 3.55. The van der Waals surface area contributed by atoms with Crippen molar-refractivity contribution in [2.75, 3.05) is 13.7 Å². The minimum absolute atomic E-state index is 0.138. The van der Waals surface area contributed by atoms with Gasteiger partial charge < -0.3 is 10.1 Å². The number of nitrogens with one attached hydrogen (secondary N) is 1. The number of amides is 1. The Labute approximate surface area is 121 Å². The number of hydrogen-bond donors (Lipinski definition) is 1. The lowest BCUT2D eigenvalue weighted by molar-refractivity contribution is -0.140. The molecule has 0 spiro atoms. The highest BCUT2D eigenvalue weighted by Gasteiger charge is 2.01. The predicted octanol–water partition coefficient (Wildman–Crippen LogP) is 2.69. The summed E-state index contributed by atoms with van der Waals surface area (Å²) >= 11 is 11.7. The average molecular weight is 302 g/mol. The fraction of sp³-hybridized carbons (Fsp3) is 0.231. The maximum atomic E-state index is 11.4. The molecule has 19 heavy (non-hydrogen) atoms. The van der Waals surface area contributed by atoms with Gasteiger partial charge in [0.15, 0.2) is 0 Å². The highest BCUT2D eigenvalue weighted by atomic mass is 35.5. The third-order valence-corrected chi connectivity index (χ3v) is 2.60. The van der Waals surface area contributed by atoms with E-state index in [2.05, 4.69) is 10.1 Å². The molecule has 1 N–H and O–H groups in total. The maximum Gasteiger partial charge on any atom is 0.307 e. The Bertz CT molecular complexity index is 480. The minimum Gasteiger partial charge on any atom is -0.469 e. The molecule has 0 fully saturated rings. The van der Waals surface area contributed by atoms with Crippen molar-refractivity contribution in [3.63, 3.8) is 0 Å². The highest BCUT2D eigenvalue weighted by molar-refractivity contribution is 6.34. The Morgan fingerprint density at radius 1 is 1.26 bits per heavy atom. The van der Waals surface area contributed by atoms with Crippen LogP contribution in [-0.2, 0) is 14.3 Å². The first kappa shape index (κ1) is 15.5. The fourth-order valence-electron chi connectivity index (χ4n) is 1.29. The predicted molar refractivity (Wildman–Crippen MR) is 75.1 cm³/mol. The molecule has 0 aliphatic rings. The largest absolute Gasteiger partial charge is 0.469 e. The number of rotatable bonds is 5. The number of ether oxygens (including phenoxy) is 1. The molecule has 0 radical (unpaired) electrons. The Balaban J connectivity index is 2.47. The molecule has 1 amide bonds. The Morgan fingerprint density at radius 3 is 2.47 bits per heavy atom. The van der Waals surface area contributed by atoms with E-state index in [9.17, 15) is 9.59 Å². The molecule has 1 aromatic carbocycles. The van der Waals surface area contributed by atoms with Crippen LogP contribution in [0.25, 0.3) is 6.08 Å². The lowest BCUT2D eigenvalue weighted by atomic mass is 10.2. The molecule has 0 atom stereocenters. The van der Waals surface area contributed by atoms with Crippen LogP contribution >= 0.6 is 23.2 Å². The molecular formula is C13H13Cl2NO3. The van der Waals surface area contributed by atoms with Crippen LogP contribution in [0, 0.1) is 0 Å². The Kier molecular flexibility index (Phi) is 6.39. The lowest BCUT2D eigenvalue weighted by Crippen LogP contribution is -2.24. The van der Waals surface area contributed by atoms with Crippen LogP contribution in [0.15, 0.2) is 24.3 Å². The van der Waals surface area contributed by atoms with Gasteiger partial charge in [-0.05, 0) is 29.8 Å². The fourth-order valence-corrected chi connectivity index (χ4v) is 1.83. The van der Waals surface area contributed by atoms with E-state index >= 15 is 0 Å². The van der Waals surface area contributed by atoms with Gasteiger partial charge in [0, 0.05) is 22.7 Å². The van der Waals surface area contributed by atoms with Gasteiger partial charge in [-0.15, -0.1) is 0 Å². The zero-order valence-electron chi connectivity index (χ0n) is 10.3. The average Bonchev–Trinajstić information content (AvgIpc) is 2.35. The second-order valence-corrected chi connectivity index (χ2v) is 4.53. The van der Waals surface area contributed by atoms with Crippen molar-refractivity contribution in [3.8, 4) is 0 Å². The molecule has 0 aliphatic heterocycles. The van der Waals surface area contributed by atoms with E-state index in [1.54, 1.807) is 24.3 Å². The molecule has 0 heterocycles. The zero-order valence-corrected chi connectivity index (χ0v) is 11.8. The summed E-state index contributed by atoms with van der Waals surface area (Å²) in [5.41, 5.74) is 0.723. The van der Waals surface area contributed by atoms with E-state index in [-0.39, 0.29) is 24.8 Å². The standard InChI is InChI=1S/C13H13Cl2NO3/c1-19-13(18)4-5-16-12(17)3-2-9-6-10(14)8-11(15)7-9/h2-3,6-8H,4-5H2,1H3,(H,16,17). The smallest absolute Gasteiger partial charge is 0.307 e. The summed E-state index contributed by atoms with van der Waals surface area (Å²) in [6, 6.07) is 4.98. The van der Waals surface area contributed by atoms with Gasteiger partial charge in [-0.25, -0.2) is 0 Å². The van der Waals surface area contributed by atoms with Crippen LogP contribution in [0.1, 0.15) is 12.0 Å². The van der Waals surface area contributed by atoms with Gasteiger partial charge >= 0.3 is 5.97 Å². The molecule has 1 rings (SSSR count).